The highest BCUT2D eigenvalue weighted by molar-refractivity contribution is 7.91. The second-order valence-electron chi connectivity index (χ2n) is 4.05. The molecule has 3 nitrogen and oxygen atoms in total. The smallest absolute Gasteiger partial charge is 0.206 e. The van der Waals surface area contributed by atoms with Crippen LogP contribution in [0.15, 0.2) is 28.5 Å². The lowest BCUT2D eigenvalue weighted by molar-refractivity contribution is 0.404. The van der Waals surface area contributed by atoms with Gasteiger partial charge in [0.25, 0.3) is 10.0 Å². The fourth-order valence-corrected chi connectivity index (χ4v) is 5.01. The Balaban J connectivity index is 2.30. The third-order valence-electron chi connectivity index (χ3n) is 2.98. The predicted octanol–water partition coefficient (Wildman–Crippen LogP) is 2.65. The van der Waals surface area contributed by atoms with Gasteiger partial charge in [-0.25, -0.2) is 8.42 Å². The van der Waals surface area contributed by atoms with Crippen LogP contribution in [0.3, 0.4) is 0 Å². The average molecular weight is 271 g/mol. The summed E-state index contributed by atoms with van der Waals surface area (Å²) in [6.45, 7) is 4.55. The normalized spacial score (nSPS) is 21.2. The minimum absolute atomic E-state index is 0.0205. The Morgan fingerprint density at radius 3 is 2.76 bits per heavy atom. The molecule has 0 N–H and O–H groups in total. The van der Waals surface area contributed by atoms with E-state index in [1.807, 2.05) is 32.1 Å². The maximum atomic E-state index is 12.4. The number of nitrogens with zero attached hydrogens (tertiary/aromatic N) is 1. The van der Waals surface area contributed by atoms with Gasteiger partial charge in [0.1, 0.15) is 4.21 Å². The molecule has 0 spiro atoms. The zero-order valence-corrected chi connectivity index (χ0v) is 11.7. The zero-order chi connectivity index (χ0) is 12.5. The largest absolute Gasteiger partial charge is 0.253 e. The fourth-order valence-electron chi connectivity index (χ4n) is 1.97. The van der Waals surface area contributed by atoms with Crippen LogP contribution in [0.5, 0.6) is 0 Å². The third-order valence-corrected chi connectivity index (χ3v) is 6.57. The summed E-state index contributed by atoms with van der Waals surface area (Å²) in [6, 6.07) is 3.65. The minimum Gasteiger partial charge on any atom is -0.206 e. The first-order valence-electron chi connectivity index (χ1n) is 5.86. The number of thiophene rings is 1. The van der Waals surface area contributed by atoms with E-state index in [2.05, 4.69) is 0 Å². The van der Waals surface area contributed by atoms with Crippen molar-refractivity contribution in [1.29, 1.82) is 0 Å². The molecule has 0 fully saturated rings. The van der Waals surface area contributed by atoms with Crippen LogP contribution in [0.1, 0.15) is 25.1 Å². The molecule has 17 heavy (non-hydrogen) atoms. The lowest BCUT2D eigenvalue weighted by atomic mass is 10.2. The van der Waals surface area contributed by atoms with E-state index < -0.39 is 10.0 Å². The quantitative estimate of drug-likeness (QED) is 0.790. The molecule has 5 heteroatoms. The molecule has 0 bridgehead atoms. The molecule has 0 aromatic carbocycles. The lowest BCUT2D eigenvalue weighted by Gasteiger charge is -2.21. The number of sulfonamides is 1. The van der Waals surface area contributed by atoms with Gasteiger partial charge in [-0.1, -0.05) is 26.0 Å². The Hall–Kier alpha value is -0.650. The molecule has 0 amide bonds. The van der Waals surface area contributed by atoms with Gasteiger partial charge in [0.15, 0.2) is 0 Å². The molecule has 0 radical (unpaired) electrons. The van der Waals surface area contributed by atoms with Crippen LogP contribution in [0.25, 0.3) is 0 Å². The van der Waals surface area contributed by atoms with Crippen molar-refractivity contribution >= 4 is 21.4 Å². The molecule has 2 rings (SSSR count). The van der Waals surface area contributed by atoms with Crippen molar-refractivity contribution in [3.05, 3.63) is 29.2 Å². The van der Waals surface area contributed by atoms with Crippen molar-refractivity contribution in [2.75, 3.05) is 6.54 Å². The molecule has 1 aromatic rings. The highest BCUT2D eigenvalue weighted by Gasteiger charge is 2.32. The summed E-state index contributed by atoms with van der Waals surface area (Å²) in [4.78, 5) is 1.11. The molecule has 0 saturated heterocycles. The first-order chi connectivity index (χ1) is 8.09. The molecule has 1 aliphatic rings. The molecule has 0 saturated carbocycles. The second kappa shape index (κ2) is 4.92. The molecular formula is C12H17NO2S2. The van der Waals surface area contributed by atoms with Crippen molar-refractivity contribution in [1.82, 2.24) is 4.31 Å². The topological polar surface area (TPSA) is 37.4 Å². The van der Waals surface area contributed by atoms with Crippen molar-refractivity contribution in [3.8, 4) is 0 Å². The van der Waals surface area contributed by atoms with E-state index >= 15 is 0 Å². The molecule has 0 aliphatic carbocycles. The van der Waals surface area contributed by atoms with Gasteiger partial charge >= 0.3 is 0 Å². The molecule has 1 unspecified atom stereocenters. The van der Waals surface area contributed by atoms with Crippen LogP contribution in [0.4, 0.5) is 0 Å². The molecule has 1 aliphatic heterocycles. The van der Waals surface area contributed by atoms with E-state index in [1.54, 1.807) is 10.4 Å². The van der Waals surface area contributed by atoms with Crippen LogP contribution in [-0.2, 0) is 16.4 Å². The van der Waals surface area contributed by atoms with E-state index in [0.717, 1.165) is 17.7 Å². The lowest BCUT2D eigenvalue weighted by Crippen LogP contribution is -2.35. The Morgan fingerprint density at radius 1 is 1.41 bits per heavy atom. The van der Waals surface area contributed by atoms with Gasteiger partial charge in [-0.05, 0) is 25.0 Å². The predicted molar refractivity (Wildman–Crippen MR) is 70.8 cm³/mol. The summed E-state index contributed by atoms with van der Waals surface area (Å²) in [5.41, 5.74) is 0. The minimum atomic E-state index is -3.30. The van der Waals surface area contributed by atoms with Gasteiger partial charge in [-0.3, -0.25) is 0 Å². The number of hydrogen-bond donors (Lipinski definition) is 0. The van der Waals surface area contributed by atoms with Crippen molar-refractivity contribution < 1.29 is 8.42 Å². The standard InChI is InChI=1S/C12H17NO2S2/c1-3-10-6-5-9-13(10)17(14,15)12-8-7-11(4-2)16-12/h5-8,10H,3-4,9H2,1-2H3. The summed E-state index contributed by atoms with van der Waals surface area (Å²) in [5.74, 6) is 0. The first-order valence-corrected chi connectivity index (χ1v) is 8.12. The maximum Gasteiger partial charge on any atom is 0.253 e. The Labute approximate surface area is 107 Å². The van der Waals surface area contributed by atoms with E-state index in [9.17, 15) is 8.42 Å². The van der Waals surface area contributed by atoms with Gasteiger partial charge in [0, 0.05) is 17.5 Å². The maximum absolute atomic E-state index is 12.4. The van der Waals surface area contributed by atoms with Gasteiger partial charge in [-0.15, -0.1) is 11.3 Å². The fraction of sp³-hybridized carbons (Fsp3) is 0.500. The second-order valence-corrected chi connectivity index (χ2v) is 7.34. The summed E-state index contributed by atoms with van der Waals surface area (Å²) >= 11 is 1.38. The monoisotopic (exact) mass is 271 g/mol. The molecule has 1 atom stereocenters. The zero-order valence-electron chi connectivity index (χ0n) is 10.1. The highest BCUT2D eigenvalue weighted by Crippen LogP contribution is 2.29. The van der Waals surface area contributed by atoms with Crippen LogP contribution in [0.2, 0.25) is 0 Å². The van der Waals surface area contributed by atoms with Crippen LogP contribution in [-0.4, -0.2) is 25.3 Å². The van der Waals surface area contributed by atoms with E-state index in [0.29, 0.717) is 10.8 Å². The van der Waals surface area contributed by atoms with E-state index in [1.165, 1.54) is 11.3 Å². The Morgan fingerprint density at radius 2 is 2.18 bits per heavy atom. The summed E-state index contributed by atoms with van der Waals surface area (Å²) < 4.78 is 26.9. The molecule has 1 aromatic heterocycles. The number of aryl methyl sites for hydroxylation is 1. The number of rotatable bonds is 4. The number of hydrogen-bond acceptors (Lipinski definition) is 3. The Bertz CT molecular complexity index is 516. The molecular weight excluding hydrogens is 254 g/mol. The van der Waals surface area contributed by atoms with E-state index in [4.69, 9.17) is 0 Å². The van der Waals surface area contributed by atoms with Gasteiger partial charge in [-0.2, -0.15) is 4.31 Å². The van der Waals surface area contributed by atoms with Crippen molar-refractivity contribution in [3.63, 3.8) is 0 Å². The first kappa shape index (κ1) is 12.8. The molecule has 94 valence electrons. The van der Waals surface area contributed by atoms with E-state index in [-0.39, 0.29) is 6.04 Å². The van der Waals surface area contributed by atoms with Crippen molar-refractivity contribution in [2.24, 2.45) is 0 Å². The van der Waals surface area contributed by atoms with Crippen LogP contribution in [0, 0.1) is 0 Å². The van der Waals surface area contributed by atoms with Gasteiger partial charge < -0.3 is 0 Å². The van der Waals surface area contributed by atoms with Crippen LogP contribution < -0.4 is 0 Å². The Kier molecular flexibility index (Phi) is 3.70. The van der Waals surface area contributed by atoms with Crippen molar-refractivity contribution in [2.45, 2.75) is 36.9 Å². The SMILES string of the molecule is CCc1ccc(S(=O)(=O)N2CC=CC2CC)s1. The third kappa shape index (κ3) is 2.32. The molecule has 2 heterocycles. The summed E-state index contributed by atoms with van der Waals surface area (Å²) in [5, 5.41) is 0. The summed E-state index contributed by atoms with van der Waals surface area (Å²) in [6.07, 6.45) is 5.61. The summed E-state index contributed by atoms with van der Waals surface area (Å²) in [7, 11) is -3.30. The van der Waals surface area contributed by atoms with Crippen LogP contribution >= 0.6 is 11.3 Å². The average Bonchev–Trinajstić information content (AvgIpc) is 2.97. The van der Waals surface area contributed by atoms with Gasteiger partial charge in [0.2, 0.25) is 0 Å². The van der Waals surface area contributed by atoms with Gasteiger partial charge in [0.05, 0.1) is 0 Å². The highest BCUT2D eigenvalue weighted by atomic mass is 32.2.